The topological polar surface area (TPSA) is 85.9 Å². The number of aromatic nitrogens is 3. The van der Waals surface area contributed by atoms with Crippen LogP contribution in [0, 0.1) is 17.0 Å². The second-order valence-electron chi connectivity index (χ2n) is 4.91. The fraction of sp³-hybridized carbons (Fsp3) is 0.429. The molecule has 21 heavy (non-hydrogen) atoms. The molecule has 1 N–H and O–H groups in total. The lowest BCUT2D eigenvalue weighted by atomic mass is 10.1. The van der Waals surface area contributed by atoms with E-state index in [0.717, 1.165) is 12.0 Å². The molecule has 0 saturated carbocycles. The second kappa shape index (κ2) is 6.34. The van der Waals surface area contributed by atoms with E-state index in [0.29, 0.717) is 18.1 Å². The minimum Gasteiger partial charge on any atom is -0.358 e. The Labute approximate surface area is 123 Å². The molecule has 2 aromatic rings. The molecular weight excluding hydrogens is 270 g/mol. The van der Waals surface area contributed by atoms with Crippen LogP contribution in [0.2, 0.25) is 0 Å². The quantitative estimate of drug-likeness (QED) is 0.652. The molecule has 1 unspecified atom stereocenters. The largest absolute Gasteiger partial charge is 0.358 e. The lowest BCUT2D eigenvalue weighted by Gasteiger charge is -2.15. The predicted octanol–water partition coefficient (Wildman–Crippen LogP) is 3.08. The third-order valence-corrected chi connectivity index (χ3v) is 3.27. The van der Waals surface area contributed by atoms with Crippen molar-refractivity contribution in [2.45, 2.75) is 39.8 Å². The SMILES string of the molecule is CCCn1nc(C)c([N+](=O)[O-])c1NC(C)c1ccncc1. The minimum atomic E-state index is -0.379. The molecule has 0 saturated heterocycles. The van der Waals surface area contributed by atoms with Crippen molar-refractivity contribution in [1.29, 1.82) is 0 Å². The van der Waals surface area contributed by atoms with Crippen LogP contribution < -0.4 is 5.32 Å². The number of hydrogen-bond acceptors (Lipinski definition) is 5. The number of rotatable bonds is 6. The molecule has 2 heterocycles. The van der Waals surface area contributed by atoms with Crippen molar-refractivity contribution in [1.82, 2.24) is 14.8 Å². The average Bonchev–Trinajstić information content (AvgIpc) is 2.76. The van der Waals surface area contributed by atoms with E-state index in [-0.39, 0.29) is 16.7 Å². The van der Waals surface area contributed by atoms with Crippen LogP contribution in [0.5, 0.6) is 0 Å². The van der Waals surface area contributed by atoms with Crippen LogP contribution >= 0.6 is 0 Å². The van der Waals surface area contributed by atoms with Gasteiger partial charge in [-0.1, -0.05) is 6.92 Å². The van der Waals surface area contributed by atoms with E-state index in [1.54, 1.807) is 24.0 Å². The number of hydrogen-bond donors (Lipinski definition) is 1. The molecule has 0 fully saturated rings. The summed E-state index contributed by atoms with van der Waals surface area (Å²) in [4.78, 5) is 14.9. The maximum Gasteiger partial charge on any atom is 0.333 e. The van der Waals surface area contributed by atoms with Crippen molar-refractivity contribution >= 4 is 11.5 Å². The molecule has 112 valence electrons. The summed E-state index contributed by atoms with van der Waals surface area (Å²) in [6.45, 7) is 6.27. The molecule has 0 aliphatic carbocycles. The van der Waals surface area contributed by atoms with E-state index in [1.807, 2.05) is 26.0 Å². The number of anilines is 1. The third-order valence-electron chi connectivity index (χ3n) is 3.27. The zero-order valence-corrected chi connectivity index (χ0v) is 12.4. The summed E-state index contributed by atoms with van der Waals surface area (Å²) < 4.78 is 1.67. The van der Waals surface area contributed by atoms with E-state index < -0.39 is 0 Å². The van der Waals surface area contributed by atoms with Crippen LogP contribution in [0.1, 0.15) is 37.6 Å². The van der Waals surface area contributed by atoms with Crippen molar-refractivity contribution in [2.75, 3.05) is 5.32 Å². The minimum absolute atomic E-state index is 0.0457. The highest BCUT2D eigenvalue weighted by Gasteiger charge is 2.26. The normalized spacial score (nSPS) is 12.1. The molecule has 0 aliphatic heterocycles. The van der Waals surface area contributed by atoms with Gasteiger partial charge in [-0.25, -0.2) is 4.68 Å². The molecule has 2 aromatic heterocycles. The molecule has 0 amide bonds. The van der Waals surface area contributed by atoms with E-state index in [2.05, 4.69) is 15.4 Å². The smallest absolute Gasteiger partial charge is 0.333 e. The van der Waals surface area contributed by atoms with Gasteiger partial charge in [0.1, 0.15) is 5.69 Å². The predicted molar refractivity (Wildman–Crippen MR) is 80.2 cm³/mol. The van der Waals surface area contributed by atoms with Crippen LogP contribution in [-0.2, 0) is 6.54 Å². The summed E-state index contributed by atoms with van der Waals surface area (Å²) in [7, 11) is 0. The number of nitro groups is 1. The first-order valence-corrected chi connectivity index (χ1v) is 6.92. The van der Waals surface area contributed by atoms with Gasteiger partial charge < -0.3 is 5.32 Å². The summed E-state index contributed by atoms with van der Waals surface area (Å²) in [5.74, 6) is 0.462. The van der Waals surface area contributed by atoms with Crippen molar-refractivity contribution in [3.63, 3.8) is 0 Å². The van der Waals surface area contributed by atoms with Crippen molar-refractivity contribution in [3.05, 3.63) is 45.9 Å². The molecule has 0 aromatic carbocycles. The first kappa shape index (κ1) is 15.0. The molecule has 0 bridgehead atoms. The number of nitrogens with one attached hydrogen (secondary N) is 1. The Hall–Kier alpha value is -2.44. The maximum absolute atomic E-state index is 11.3. The highest BCUT2D eigenvalue weighted by molar-refractivity contribution is 5.60. The van der Waals surface area contributed by atoms with Gasteiger partial charge in [0, 0.05) is 18.9 Å². The van der Waals surface area contributed by atoms with E-state index >= 15 is 0 Å². The van der Waals surface area contributed by atoms with Crippen LogP contribution in [0.25, 0.3) is 0 Å². The highest BCUT2D eigenvalue weighted by Crippen LogP contribution is 2.31. The Morgan fingerprint density at radius 1 is 1.43 bits per heavy atom. The van der Waals surface area contributed by atoms with E-state index in [1.165, 1.54) is 0 Å². The first-order valence-electron chi connectivity index (χ1n) is 6.92. The Kier molecular flexibility index (Phi) is 4.52. The van der Waals surface area contributed by atoms with Gasteiger partial charge in [-0.05, 0) is 38.0 Å². The van der Waals surface area contributed by atoms with Crippen molar-refractivity contribution in [2.24, 2.45) is 0 Å². The lowest BCUT2D eigenvalue weighted by molar-refractivity contribution is -0.384. The second-order valence-corrected chi connectivity index (χ2v) is 4.91. The summed E-state index contributed by atoms with van der Waals surface area (Å²) in [6, 6.07) is 3.70. The van der Waals surface area contributed by atoms with Gasteiger partial charge in [0.25, 0.3) is 0 Å². The molecule has 1 atom stereocenters. The van der Waals surface area contributed by atoms with Crippen LogP contribution in [0.4, 0.5) is 11.5 Å². The summed E-state index contributed by atoms with van der Waals surface area (Å²) in [5.41, 5.74) is 1.49. The maximum atomic E-state index is 11.3. The molecule has 0 spiro atoms. The van der Waals surface area contributed by atoms with Gasteiger partial charge in [-0.2, -0.15) is 5.10 Å². The summed E-state index contributed by atoms with van der Waals surface area (Å²) in [5, 5.41) is 18.8. The number of pyridine rings is 1. The van der Waals surface area contributed by atoms with Crippen LogP contribution in [0.3, 0.4) is 0 Å². The fourth-order valence-corrected chi connectivity index (χ4v) is 2.25. The fourth-order valence-electron chi connectivity index (χ4n) is 2.25. The third kappa shape index (κ3) is 3.18. The zero-order valence-electron chi connectivity index (χ0n) is 12.4. The summed E-state index contributed by atoms with van der Waals surface area (Å²) in [6.07, 6.45) is 4.27. The Morgan fingerprint density at radius 3 is 2.67 bits per heavy atom. The summed E-state index contributed by atoms with van der Waals surface area (Å²) >= 11 is 0. The van der Waals surface area contributed by atoms with Gasteiger partial charge in [0.2, 0.25) is 5.82 Å². The monoisotopic (exact) mass is 289 g/mol. The van der Waals surface area contributed by atoms with Crippen LogP contribution in [0.15, 0.2) is 24.5 Å². The average molecular weight is 289 g/mol. The molecule has 0 aliphatic rings. The molecule has 2 rings (SSSR count). The van der Waals surface area contributed by atoms with Gasteiger partial charge >= 0.3 is 5.69 Å². The molecular formula is C14H19N5O2. The molecule has 7 nitrogen and oxygen atoms in total. The number of nitrogens with zero attached hydrogens (tertiary/aromatic N) is 4. The van der Waals surface area contributed by atoms with E-state index in [4.69, 9.17) is 0 Å². The first-order chi connectivity index (χ1) is 10.0. The van der Waals surface area contributed by atoms with E-state index in [9.17, 15) is 10.1 Å². The van der Waals surface area contributed by atoms with Gasteiger partial charge in [0.05, 0.1) is 11.0 Å². The Balaban J connectivity index is 2.35. The molecule has 7 heteroatoms. The van der Waals surface area contributed by atoms with Gasteiger partial charge in [0.15, 0.2) is 0 Å². The number of aryl methyl sites for hydroxylation is 2. The molecule has 0 radical (unpaired) electrons. The Bertz CT molecular complexity index is 624. The van der Waals surface area contributed by atoms with Crippen molar-refractivity contribution in [3.8, 4) is 0 Å². The lowest BCUT2D eigenvalue weighted by Crippen LogP contribution is -2.13. The Morgan fingerprint density at radius 2 is 2.10 bits per heavy atom. The van der Waals surface area contributed by atoms with Gasteiger partial charge in [-0.3, -0.25) is 15.1 Å². The zero-order chi connectivity index (χ0) is 15.4. The standard InChI is InChI=1S/C14H19N5O2/c1-4-9-18-14(13(19(20)21)11(3)17-18)16-10(2)12-5-7-15-8-6-12/h5-8,10,16H,4,9H2,1-3H3. The van der Waals surface area contributed by atoms with Crippen molar-refractivity contribution < 1.29 is 4.92 Å². The van der Waals surface area contributed by atoms with Gasteiger partial charge in [-0.15, -0.1) is 0 Å². The van der Waals surface area contributed by atoms with Crippen LogP contribution in [-0.4, -0.2) is 19.7 Å². The highest BCUT2D eigenvalue weighted by atomic mass is 16.6.